The van der Waals surface area contributed by atoms with Gasteiger partial charge in [0, 0.05) is 11.6 Å². The second-order valence-corrected chi connectivity index (χ2v) is 6.03. The third kappa shape index (κ3) is 2.68. The number of carbonyl (C=O) groups excluding carboxylic acids is 1. The summed E-state index contributed by atoms with van der Waals surface area (Å²) in [7, 11) is 1.36. The lowest BCUT2D eigenvalue weighted by Crippen LogP contribution is -2.27. The lowest BCUT2D eigenvalue weighted by atomic mass is 10.1. The number of rotatable bonds is 4. The topological polar surface area (TPSA) is 64.1 Å². The predicted octanol–water partition coefficient (Wildman–Crippen LogP) is 2.73. The van der Waals surface area contributed by atoms with Crippen LogP contribution in [0.1, 0.15) is 28.5 Å². The molecule has 2 heterocycles. The summed E-state index contributed by atoms with van der Waals surface area (Å²) in [5, 5.41) is 6.84. The van der Waals surface area contributed by atoms with Gasteiger partial charge in [0.1, 0.15) is 9.88 Å². The number of methoxy groups -OCH3 is 1. The zero-order chi connectivity index (χ0) is 13.2. The molecule has 7 heteroatoms. The Morgan fingerprint density at radius 1 is 1.44 bits per heavy atom. The first kappa shape index (κ1) is 13.0. The van der Waals surface area contributed by atoms with Crippen molar-refractivity contribution >= 4 is 33.8 Å². The average molecular weight is 283 g/mol. The van der Waals surface area contributed by atoms with Gasteiger partial charge in [-0.05, 0) is 13.8 Å². The zero-order valence-corrected chi connectivity index (χ0v) is 11.9. The highest BCUT2D eigenvalue weighted by Gasteiger charge is 2.24. The monoisotopic (exact) mass is 283 g/mol. The summed E-state index contributed by atoms with van der Waals surface area (Å²) in [5.41, 5.74) is -0.320. The normalized spacial score (nSPS) is 11.3. The van der Waals surface area contributed by atoms with E-state index in [0.717, 1.165) is 5.01 Å². The van der Waals surface area contributed by atoms with Gasteiger partial charge in [0.05, 0.1) is 18.8 Å². The minimum Gasteiger partial charge on any atom is -0.465 e. The number of nitrogens with zero attached hydrogens (tertiary/aromatic N) is 2. The smallest absolute Gasteiger partial charge is 0.349 e. The number of anilines is 1. The van der Waals surface area contributed by atoms with Gasteiger partial charge in [-0.2, -0.15) is 0 Å². The van der Waals surface area contributed by atoms with Crippen molar-refractivity contribution in [3.05, 3.63) is 27.7 Å². The first-order valence-electron chi connectivity index (χ1n) is 5.25. The van der Waals surface area contributed by atoms with Gasteiger partial charge in [-0.3, -0.25) is 0 Å². The standard InChI is InChI=1S/C11H13N3O2S2/c1-11(2,9-12-4-5-17-9)14-10-13-6-7(18-10)8(15)16-3/h4-6H,1-3H3,(H,13,14). The number of ether oxygens (including phenoxy) is 1. The first-order chi connectivity index (χ1) is 8.53. The van der Waals surface area contributed by atoms with Gasteiger partial charge in [0.25, 0.3) is 0 Å². The van der Waals surface area contributed by atoms with Gasteiger partial charge in [0.2, 0.25) is 0 Å². The minimum absolute atomic E-state index is 0.320. The van der Waals surface area contributed by atoms with E-state index in [1.807, 2.05) is 19.2 Å². The van der Waals surface area contributed by atoms with E-state index in [9.17, 15) is 4.79 Å². The molecule has 2 aromatic heterocycles. The van der Waals surface area contributed by atoms with E-state index in [-0.39, 0.29) is 11.5 Å². The molecule has 2 rings (SSSR count). The fourth-order valence-corrected chi connectivity index (χ4v) is 2.99. The molecular formula is C11H13N3O2S2. The molecule has 0 aromatic carbocycles. The van der Waals surface area contributed by atoms with Crippen LogP contribution in [-0.2, 0) is 10.3 Å². The van der Waals surface area contributed by atoms with E-state index in [1.54, 1.807) is 17.5 Å². The Labute approximate surface area is 113 Å². The van der Waals surface area contributed by atoms with E-state index in [0.29, 0.717) is 10.0 Å². The van der Waals surface area contributed by atoms with E-state index in [4.69, 9.17) is 0 Å². The van der Waals surface area contributed by atoms with Crippen molar-refractivity contribution in [1.29, 1.82) is 0 Å². The molecule has 0 atom stereocenters. The summed E-state index contributed by atoms with van der Waals surface area (Å²) in [6.07, 6.45) is 3.28. The molecule has 0 aliphatic carbocycles. The first-order valence-corrected chi connectivity index (χ1v) is 6.95. The van der Waals surface area contributed by atoms with E-state index in [2.05, 4.69) is 20.0 Å². The van der Waals surface area contributed by atoms with Crippen LogP contribution >= 0.6 is 22.7 Å². The maximum atomic E-state index is 11.3. The van der Waals surface area contributed by atoms with Crippen LogP contribution in [0.15, 0.2) is 17.8 Å². The molecule has 96 valence electrons. The second kappa shape index (κ2) is 5.03. The van der Waals surface area contributed by atoms with Crippen molar-refractivity contribution in [2.75, 3.05) is 12.4 Å². The van der Waals surface area contributed by atoms with Gasteiger partial charge in [0.15, 0.2) is 5.13 Å². The maximum Gasteiger partial charge on any atom is 0.349 e. The quantitative estimate of drug-likeness (QED) is 0.874. The number of aromatic nitrogens is 2. The molecule has 0 aliphatic heterocycles. The number of hydrogen-bond donors (Lipinski definition) is 1. The average Bonchev–Trinajstić information content (AvgIpc) is 2.97. The lowest BCUT2D eigenvalue weighted by molar-refractivity contribution is 0.0606. The predicted molar refractivity (Wildman–Crippen MR) is 72.2 cm³/mol. The van der Waals surface area contributed by atoms with Crippen LogP contribution in [0.25, 0.3) is 0 Å². The van der Waals surface area contributed by atoms with Crippen molar-refractivity contribution in [1.82, 2.24) is 9.97 Å². The SMILES string of the molecule is COC(=O)c1cnc(NC(C)(C)c2nccs2)s1. The van der Waals surface area contributed by atoms with Crippen LogP contribution in [0.3, 0.4) is 0 Å². The molecule has 0 saturated carbocycles. The molecule has 0 unspecified atom stereocenters. The van der Waals surface area contributed by atoms with Crippen molar-refractivity contribution in [2.24, 2.45) is 0 Å². The highest BCUT2D eigenvalue weighted by Crippen LogP contribution is 2.29. The molecule has 0 aliphatic rings. The van der Waals surface area contributed by atoms with Crippen molar-refractivity contribution in [3.8, 4) is 0 Å². The van der Waals surface area contributed by atoms with E-state index < -0.39 is 0 Å². The molecule has 5 nitrogen and oxygen atoms in total. The van der Waals surface area contributed by atoms with Crippen LogP contribution in [-0.4, -0.2) is 23.0 Å². The summed E-state index contributed by atoms with van der Waals surface area (Å²) >= 11 is 2.85. The van der Waals surface area contributed by atoms with Crippen LogP contribution < -0.4 is 5.32 Å². The van der Waals surface area contributed by atoms with Gasteiger partial charge in [-0.1, -0.05) is 11.3 Å². The van der Waals surface area contributed by atoms with E-state index in [1.165, 1.54) is 24.6 Å². The summed E-state index contributed by atoms with van der Waals surface area (Å²) in [4.78, 5) is 20.3. The number of carbonyl (C=O) groups is 1. The van der Waals surface area contributed by atoms with E-state index >= 15 is 0 Å². The number of thiazole rings is 2. The summed E-state index contributed by atoms with van der Waals surface area (Å²) < 4.78 is 4.65. The van der Waals surface area contributed by atoms with Crippen LogP contribution in [0.5, 0.6) is 0 Å². The highest BCUT2D eigenvalue weighted by atomic mass is 32.1. The number of hydrogen-bond acceptors (Lipinski definition) is 7. The van der Waals surface area contributed by atoms with Gasteiger partial charge in [-0.25, -0.2) is 14.8 Å². The van der Waals surface area contributed by atoms with Crippen molar-refractivity contribution in [2.45, 2.75) is 19.4 Å². The lowest BCUT2D eigenvalue weighted by Gasteiger charge is -2.23. The zero-order valence-electron chi connectivity index (χ0n) is 10.3. The van der Waals surface area contributed by atoms with Gasteiger partial charge in [-0.15, -0.1) is 11.3 Å². The third-order valence-corrected chi connectivity index (χ3v) is 4.27. The van der Waals surface area contributed by atoms with Crippen LogP contribution in [0, 0.1) is 0 Å². The Bertz CT molecular complexity index is 534. The number of nitrogens with one attached hydrogen (secondary N) is 1. The van der Waals surface area contributed by atoms with Crippen LogP contribution in [0.2, 0.25) is 0 Å². The Morgan fingerprint density at radius 3 is 2.83 bits per heavy atom. The Hall–Kier alpha value is -1.47. The van der Waals surface area contributed by atoms with Gasteiger partial charge < -0.3 is 10.1 Å². The molecule has 18 heavy (non-hydrogen) atoms. The highest BCUT2D eigenvalue weighted by molar-refractivity contribution is 7.17. The number of esters is 1. The Balaban J connectivity index is 2.14. The molecule has 0 spiro atoms. The molecule has 0 amide bonds. The molecule has 0 saturated heterocycles. The third-order valence-electron chi connectivity index (χ3n) is 2.28. The molecule has 1 N–H and O–H groups in total. The van der Waals surface area contributed by atoms with Crippen LogP contribution in [0.4, 0.5) is 5.13 Å². The van der Waals surface area contributed by atoms with Gasteiger partial charge >= 0.3 is 5.97 Å². The molecular weight excluding hydrogens is 270 g/mol. The Morgan fingerprint density at radius 2 is 2.22 bits per heavy atom. The summed E-state index contributed by atoms with van der Waals surface area (Å²) in [6.45, 7) is 4.04. The minimum atomic E-state index is -0.368. The second-order valence-electron chi connectivity index (χ2n) is 4.11. The fraction of sp³-hybridized carbons (Fsp3) is 0.364. The summed E-state index contributed by atoms with van der Waals surface area (Å²) in [6, 6.07) is 0. The largest absolute Gasteiger partial charge is 0.465 e. The molecule has 2 aromatic rings. The molecule has 0 fully saturated rings. The Kier molecular flexibility index (Phi) is 3.63. The maximum absolute atomic E-state index is 11.3. The van der Waals surface area contributed by atoms with Crippen molar-refractivity contribution in [3.63, 3.8) is 0 Å². The molecule has 0 radical (unpaired) electrons. The van der Waals surface area contributed by atoms with Crippen molar-refractivity contribution < 1.29 is 9.53 Å². The summed E-state index contributed by atoms with van der Waals surface area (Å²) in [5.74, 6) is -0.368. The molecule has 0 bridgehead atoms. The fourth-order valence-electron chi connectivity index (χ4n) is 1.38.